The minimum atomic E-state index is -2.58. The molecule has 19 heavy (non-hydrogen) atoms. The molecule has 106 valence electrons. The van der Waals surface area contributed by atoms with E-state index in [4.69, 9.17) is 5.11 Å². The summed E-state index contributed by atoms with van der Waals surface area (Å²) in [5, 5.41) is 11.3. The molecule has 0 saturated heterocycles. The summed E-state index contributed by atoms with van der Waals surface area (Å²) >= 11 is 0. The van der Waals surface area contributed by atoms with Crippen LogP contribution in [0.15, 0.2) is 18.3 Å². The average molecular weight is 274 g/mol. The minimum Gasteiger partial charge on any atom is -0.480 e. The van der Waals surface area contributed by atoms with E-state index >= 15 is 0 Å². The first kappa shape index (κ1) is 15.1. The molecule has 7 heteroatoms. The zero-order chi connectivity index (χ0) is 14.6. The topological polar surface area (TPSA) is 71.3 Å². The fourth-order valence-corrected chi connectivity index (χ4v) is 1.66. The van der Waals surface area contributed by atoms with E-state index in [1.165, 1.54) is 18.3 Å². The smallest absolute Gasteiger partial charge is 0.326 e. The molecule has 1 amide bonds. The van der Waals surface area contributed by atoms with Gasteiger partial charge in [-0.1, -0.05) is 13.8 Å². The molecule has 2 N–H and O–H groups in total. The summed E-state index contributed by atoms with van der Waals surface area (Å²) < 4.78 is 25.7. The van der Waals surface area contributed by atoms with Crippen LogP contribution >= 0.6 is 0 Å². The zero-order valence-electron chi connectivity index (χ0n) is 10.6. The Morgan fingerprint density at radius 1 is 1.42 bits per heavy atom. The van der Waals surface area contributed by atoms with Crippen LogP contribution in [0.5, 0.6) is 0 Å². The Bertz CT molecular complexity index is 458. The number of rotatable bonds is 6. The molecule has 0 aliphatic heterocycles. The van der Waals surface area contributed by atoms with Gasteiger partial charge in [0.1, 0.15) is 11.7 Å². The number of aromatic nitrogens is 1. The molecule has 0 spiro atoms. The molecule has 0 aromatic carbocycles. The number of alkyl halides is 2. The van der Waals surface area contributed by atoms with E-state index in [0.29, 0.717) is 0 Å². The van der Waals surface area contributed by atoms with Gasteiger partial charge in [0.05, 0.1) is 6.54 Å². The van der Waals surface area contributed by atoms with E-state index in [-0.39, 0.29) is 11.6 Å². The monoisotopic (exact) mass is 274 g/mol. The second kappa shape index (κ2) is 6.31. The van der Waals surface area contributed by atoms with Crippen LogP contribution in [0.1, 0.15) is 24.3 Å². The van der Waals surface area contributed by atoms with Gasteiger partial charge in [-0.2, -0.15) is 0 Å². The number of nitrogens with one attached hydrogen (secondary N) is 1. The van der Waals surface area contributed by atoms with Crippen molar-refractivity contribution in [1.29, 1.82) is 0 Å². The second-order valence-corrected chi connectivity index (χ2v) is 4.47. The van der Waals surface area contributed by atoms with Crippen molar-refractivity contribution in [2.24, 2.45) is 5.92 Å². The lowest BCUT2D eigenvalue weighted by molar-refractivity contribution is -0.140. The number of carboxylic acids is 1. The highest BCUT2D eigenvalue weighted by Gasteiger charge is 2.25. The summed E-state index contributed by atoms with van der Waals surface area (Å²) in [5.74, 6) is -2.14. The first-order valence-corrected chi connectivity index (χ1v) is 5.80. The van der Waals surface area contributed by atoms with Gasteiger partial charge in [0.2, 0.25) is 0 Å². The van der Waals surface area contributed by atoms with Crippen molar-refractivity contribution in [3.05, 3.63) is 24.0 Å². The summed E-state index contributed by atoms with van der Waals surface area (Å²) in [6.45, 7) is 2.70. The molecule has 0 unspecified atom stereocenters. The lowest BCUT2D eigenvalue weighted by Crippen LogP contribution is -2.44. The van der Waals surface area contributed by atoms with Crippen LogP contribution in [0.25, 0.3) is 0 Å². The number of halogens is 2. The molecule has 1 aromatic rings. The van der Waals surface area contributed by atoms with Gasteiger partial charge < -0.3 is 15.0 Å². The molecular formula is C12H16F2N2O3. The predicted octanol–water partition coefficient (Wildman–Crippen LogP) is 1.59. The molecule has 1 heterocycles. The predicted molar refractivity (Wildman–Crippen MR) is 64.2 cm³/mol. The Morgan fingerprint density at radius 2 is 2.05 bits per heavy atom. The Kier molecular flexibility index (Phi) is 5.02. The van der Waals surface area contributed by atoms with Crippen LogP contribution in [0.3, 0.4) is 0 Å². The van der Waals surface area contributed by atoms with E-state index in [1.54, 1.807) is 13.8 Å². The van der Waals surface area contributed by atoms with Crippen molar-refractivity contribution in [1.82, 2.24) is 9.88 Å². The van der Waals surface area contributed by atoms with Crippen LogP contribution < -0.4 is 5.32 Å². The summed E-state index contributed by atoms with van der Waals surface area (Å²) in [6, 6.07) is 1.78. The number of carbonyl (C=O) groups excluding carboxylic acids is 1. The quantitative estimate of drug-likeness (QED) is 0.827. The van der Waals surface area contributed by atoms with Crippen LogP contribution in [-0.2, 0) is 11.3 Å². The number of aliphatic carboxylic acids is 1. The van der Waals surface area contributed by atoms with E-state index in [2.05, 4.69) is 5.32 Å². The summed E-state index contributed by atoms with van der Waals surface area (Å²) in [5.41, 5.74) is 0.0206. The first-order valence-electron chi connectivity index (χ1n) is 5.80. The molecule has 0 bridgehead atoms. The molecule has 5 nitrogen and oxygen atoms in total. The molecule has 1 aromatic heterocycles. The summed E-state index contributed by atoms with van der Waals surface area (Å²) in [7, 11) is 0. The van der Waals surface area contributed by atoms with Crippen LogP contribution in [0, 0.1) is 5.92 Å². The van der Waals surface area contributed by atoms with Crippen LogP contribution in [0.4, 0.5) is 8.78 Å². The van der Waals surface area contributed by atoms with Crippen molar-refractivity contribution in [2.45, 2.75) is 32.9 Å². The van der Waals surface area contributed by atoms with Gasteiger partial charge in [0.15, 0.2) is 0 Å². The normalized spacial score (nSPS) is 12.7. The van der Waals surface area contributed by atoms with Crippen LogP contribution in [0.2, 0.25) is 0 Å². The average Bonchev–Trinajstić information content (AvgIpc) is 2.71. The minimum absolute atomic E-state index is 0.0206. The summed E-state index contributed by atoms with van der Waals surface area (Å²) in [4.78, 5) is 22.9. The molecule has 0 radical (unpaired) electrons. The Morgan fingerprint density at radius 3 is 2.53 bits per heavy atom. The van der Waals surface area contributed by atoms with E-state index in [0.717, 1.165) is 4.57 Å². The number of carboxylic acid groups (broad SMARTS) is 1. The molecule has 0 aliphatic carbocycles. The molecule has 0 aliphatic rings. The number of hydrogen-bond acceptors (Lipinski definition) is 2. The van der Waals surface area contributed by atoms with Crippen molar-refractivity contribution in [3.63, 3.8) is 0 Å². The summed E-state index contributed by atoms with van der Waals surface area (Å²) in [6.07, 6.45) is -1.23. The van der Waals surface area contributed by atoms with E-state index < -0.39 is 30.9 Å². The van der Waals surface area contributed by atoms with Gasteiger partial charge in [-0.15, -0.1) is 0 Å². The van der Waals surface area contributed by atoms with E-state index in [9.17, 15) is 18.4 Å². The van der Waals surface area contributed by atoms with Gasteiger partial charge in [-0.25, -0.2) is 13.6 Å². The highest BCUT2D eigenvalue weighted by molar-refractivity contribution is 5.95. The third kappa shape index (κ3) is 4.04. The maximum absolute atomic E-state index is 12.3. The lowest BCUT2D eigenvalue weighted by Gasteiger charge is -2.18. The Labute approximate surface area is 109 Å². The van der Waals surface area contributed by atoms with Gasteiger partial charge >= 0.3 is 5.97 Å². The van der Waals surface area contributed by atoms with E-state index in [1.807, 2.05) is 0 Å². The lowest BCUT2D eigenvalue weighted by atomic mass is 10.0. The number of amides is 1. The Hall–Kier alpha value is -1.92. The van der Waals surface area contributed by atoms with Crippen molar-refractivity contribution < 1.29 is 23.5 Å². The Balaban J connectivity index is 2.83. The van der Waals surface area contributed by atoms with Crippen LogP contribution in [-0.4, -0.2) is 34.0 Å². The number of nitrogens with zero attached hydrogens (tertiary/aromatic N) is 1. The van der Waals surface area contributed by atoms with Crippen molar-refractivity contribution in [2.75, 3.05) is 0 Å². The molecule has 0 fully saturated rings. The van der Waals surface area contributed by atoms with Gasteiger partial charge in [0.25, 0.3) is 12.3 Å². The third-order valence-corrected chi connectivity index (χ3v) is 2.62. The number of hydrogen-bond donors (Lipinski definition) is 2. The SMILES string of the molecule is CC(C)[C@H](NC(=O)c1cccn1CC(F)F)C(=O)O. The fraction of sp³-hybridized carbons (Fsp3) is 0.500. The molecule has 1 atom stereocenters. The molecular weight excluding hydrogens is 258 g/mol. The third-order valence-electron chi connectivity index (χ3n) is 2.62. The van der Waals surface area contributed by atoms with Gasteiger partial charge in [-0.3, -0.25) is 4.79 Å². The largest absolute Gasteiger partial charge is 0.480 e. The zero-order valence-corrected chi connectivity index (χ0v) is 10.6. The molecule has 1 rings (SSSR count). The maximum atomic E-state index is 12.3. The standard InChI is InChI=1S/C12H16F2N2O3/c1-7(2)10(12(18)19)15-11(17)8-4-3-5-16(8)6-9(13)14/h3-5,7,9-10H,6H2,1-2H3,(H,15,17)(H,18,19)/t10-/m0/s1. The van der Waals surface area contributed by atoms with Gasteiger partial charge in [-0.05, 0) is 18.1 Å². The highest BCUT2D eigenvalue weighted by atomic mass is 19.3. The first-order chi connectivity index (χ1) is 8.82. The van der Waals surface area contributed by atoms with Crippen molar-refractivity contribution >= 4 is 11.9 Å². The van der Waals surface area contributed by atoms with Crippen molar-refractivity contribution in [3.8, 4) is 0 Å². The number of carbonyl (C=O) groups is 2. The highest BCUT2D eigenvalue weighted by Crippen LogP contribution is 2.08. The second-order valence-electron chi connectivity index (χ2n) is 4.47. The maximum Gasteiger partial charge on any atom is 0.326 e. The van der Waals surface area contributed by atoms with Gasteiger partial charge in [0, 0.05) is 6.20 Å². The molecule has 0 saturated carbocycles. The fourth-order valence-electron chi connectivity index (χ4n) is 1.66.